The van der Waals surface area contributed by atoms with Crippen molar-refractivity contribution in [2.24, 2.45) is 5.73 Å². The van der Waals surface area contributed by atoms with Crippen LogP contribution in [0.5, 0.6) is 0 Å². The zero-order valence-corrected chi connectivity index (χ0v) is 12.8. The maximum absolute atomic E-state index is 11.9. The number of hydrogen-bond donors (Lipinski definition) is 2. The number of hydrogen-bond acceptors (Lipinski definition) is 4. The van der Waals surface area contributed by atoms with Crippen LogP contribution >= 0.6 is 24.0 Å². The van der Waals surface area contributed by atoms with Crippen molar-refractivity contribution < 1.29 is 4.79 Å². The topological polar surface area (TPSA) is 85.2 Å². The second-order valence-corrected chi connectivity index (χ2v) is 5.39. The highest BCUT2D eigenvalue weighted by molar-refractivity contribution is 6.34. The van der Waals surface area contributed by atoms with Gasteiger partial charge in [-0.25, -0.2) is 4.98 Å². The SMILES string of the molecule is Cl.Nc1cc2ccnc(Cl)c2cc1CN1CCC(N)C1=O. The standard InChI is InChI=1S/C14H15ClN4O.ClH/c15-13-10-5-9(7-19-4-2-11(16)14(19)20)12(17)6-8(10)1-3-18-13;/h1,3,5-6,11H,2,4,7,16-17H2;1H. The molecule has 1 aromatic carbocycles. The molecule has 1 unspecified atom stereocenters. The van der Waals surface area contributed by atoms with Crippen LogP contribution in [0.3, 0.4) is 0 Å². The zero-order valence-electron chi connectivity index (χ0n) is 11.3. The molecule has 0 bridgehead atoms. The van der Waals surface area contributed by atoms with Crippen LogP contribution in [-0.4, -0.2) is 28.4 Å². The Morgan fingerprint density at radius 3 is 2.86 bits per heavy atom. The molecular formula is C14H16Cl2N4O. The van der Waals surface area contributed by atoms with Gasteiger partial charge in [0.25, 0.3) is 0 Å². The molecule has 5 nitrogen and oxygen atoms in total. The second-order valence-electron chi connectivity index (χ2n) is 5.03. The van der Waals surface area contributed by atoms with Crippen LogP contribution in [0.15, 0.2) is 24.4 Å². The molecule has 0 saturated carbocycles. The molecule has 2 aromatic rings. The highest BCUT2D eigenvalue weighted by atomic mass is 35.5. The Balaban J connectivity index is 0.00000161. The molecule has 1 saturated heterocycles. The summed E-state index contributed by atoms with van der Waals surface area (Å²) >= 11 is 6.10. The maximum atomic E-state index is 11.9. The van der Waals surface area contributed by atoms with E-state index in [1.807, 2.05) is 18.2 Å². The molecule has 112 valence electrons. The number of carbonyl (C=O) groups is 1. The molecule has 1 aliphatic rings. The van der Waals surface area contributed by atoms with Gasteiger partial charge in [-0.2, -0.15) is 0 Å². The Morgan fingerprint density at radius 2 is 2.19 bits per heavy atom. The molecule has 1 aromatic heterocycles. The van der Waals surface area contributed by atoms with Gasteiger partial charge in [0.2, 0.25) is 5.91 Å². The van der Waals surface area contributed by atoms with Gasteiger partial charge in [-0.1, -0.05) is 11.6 Å². The minimum atomic E-state index is -0.387. The monoisotopic (exact) mass is 326 g/mol. The molecule has 4 N–H and O–H groups in total. The lowest BCUT2D eigenvalue weighted by atomic mass is 10.1. The lowest BCUT2D eigenvalue weighted by Crippen LogP contribution is -2.33. The van der Waals surface area contributed by atoms with E-state index in [9.17, 15) is 4.79 Å². The van der Waals surface area contributed by atoms with E-state index < -0.39 is 0 Å². The first kappa shape index (κ1) is 15.8. The zero-order chi connectivity index (χ0) is 14.3. The summed E-state index contributed by atoms with van der Waals surface area (Å²) in [6.07, 6.45) is 2.33. The fourth-order valence-corrected chi connectivity index (χ4v) is 2.73. The summed E-state index contributed by atoms with van der Waals surface area (Å²) in [5.74, 6) is -0.0261. The number of likely N-dealkylation sites (tertiary alicyclic amines) is 1. The van der Waals surface area contributed by atoms with Crippen LogP contribution < -0.4 is 11.5 Å². The van der Waals surface area contributed by atoms with E-state index in [1.165, 1.54) is 0 Å². The molecule has 1 amide bonds. The second kappa shape index (κ2) is 6.05. The summed E-state index contributed by atoms with van der Waals surface area (Å²) in [4.78, 5) is 17.7. The number of carbonyl (C=O) groups excluding carboxylic acids is 1. The number of anilines is 1. The van der Waals surface area contributed by atoms with Crippen LogP contribution in [0.1, 0.15) is 12.0 Å². The Labute approximate surface area is 133 Å². The molecule has 7 heteroatoms. The van der Waals surface area contributed by atoms with Gasteiger partial charge in [-0.15, -0.1) is 12.4 Å². The van der Waals surface area contributed by atoms with Gasteiger partial charge in [-0.05, 0) is 35.6 Å². The molecule has 3 rings (SSSR count). The Hall–Kier alpha value is -1.56. The smallest absolute Gasteiger partial charge is 0.239 e. The summed E-state index contributed by atoms with van der Waals surface area (Å²) in [5.41, 5.74) is 13.3. The first-order valence-electron chi connectivity index (χ1n) is 6.43. The molecular weight excluding hydrogens is 311 g/mol. The summed E-state index contributed by atoms with van der Waals surface area (Å²) in [6, 6.07) is 5.23. The van der Waals surface area contributed by atoms with E-state index in [0.717, 1.165) is 16.3 Å². The van der Waals surface area contributed by atoms with Gasteiger partial charge < -0.3 is 16.4 Å². The summed E-state index contributed by atoms with van der Waals surface area (Å²) in [6.45, 7) is 1.12. The number of aromatic nitrogens is 1. The number of nitrogen functional groups attached to an aromatic ring is 1. The van der Waals surface area contributed by atoms with Crippen LogP contribution in [0, 0.1) is 0 Å². The summed E-state index contributed by atoms with van der Waals surface area (Å²) < 4.78 is 0. The van der Waals surface area contributed by atoms with Crippen molar-refractivity contribution in [2.75, 3.05) is 12.3 Å². The molecule has 21 heavy (non-hydrogen) atoms. The number of rotatable bonds is 2. The Morgan fingerprint density at radius 1 is 1.43 bits per heavy atom. The Kier molecular flexibility index (Phi) is 4.56. The first-order chi connectivity index (χ1) is 9.56. The lowest BCUT2D eigenvalue weighted by Gasteiger charge is -2.18. The van der Waals surface area contributed by atoms with E-state index in [4.69, 9.17) is 23.1 Å². The fraction of sp³-hybridized carbons (Fsp3) is 0.286. The highest BCUT2D eigenvalue weighted by Gasteiger charge is 2.28. The molecule has 1 atom stereocenters. The number of benzene rings is 1. The molecule has 0 spiro atoms. The molecule has 0 radical (unpaired) electrons. The Bertz CT molecular complexity index is 692. The van der Waals surface area contributed by atoms with E-state index >= 15 is 0 Å². The van der Waals surface area contributed by atoms with E-state index in [1.54, 1.807) is 11.1 Å². The quantitative estimate of drug-likeness (QED) is 0.652. The number of nitrogens with two attached hydrogens (primary N) is 2. The lowest BCUT2D eigenvalue weighted by molar-refractivity contribution is -0.129. The van der Waals surface area contributed by atoms with E-state index in [2.05, 4.69) is 4.98 Å². The maximum Gasteiger partial charge on any atom is 0.239 e. The van der Waals surface area contributed by atoms with Crippen LogP contribution in [0.2, 0.25) is 5.15 Å². The number of pyridine rings is 1. The number of halogens is 2. The number of nitrogens with zero attached hydrogens (tertiary/aromatic N) is 2. The predicted molar refractivity (Wildman–Crippen MR) is 86.4 cm³/mol. The van der Waals surface area contributed by atoms with Crippen molar-refractivity contribution in [1.29, 1.82) is 0 Å². The third-order valence-electron chi connectivity index (χ3n) is 3.68. The third-order valence-corrected chi connectivity index (χ3v) is 3.98. The van der Waals surface area contributed by atoms with Crippen molar-refractivity contribution in [2.45, 2.75) is 19.0 Å². The van der Waals surface area contributed by atoms with Crippen molar-refractivity contribution in [3.8, 4) is 0 Å². The molecule has 1 aliphatic heterocycles. The minimum Gasteiger partial charge on any atom is -0.398 e. The highest BCUT2D eigenvalue weighted by Crippen LogP contribution is 2.28. The average Bonchev–Trinajstić information content (AvgIpc) is 2.72. The first-order valence-corrected chi connectivity index (χ1v) is 6.81. The molecule has 2 heterocycles. The van der Waals surface area contributed by atoms with E-state index in [-0.39, 0.29) is 24.4 Å². The van der Waals surface area contributed by atoms with Gasteiger partial charge in [-0.3, -0.25) is 4.79 Å². The van der Waals surface area contributed by atoms with Gasteiger partial charge in [0.1, 0.15) is 5.15 Å². The molecule has 1 fully saturated rings. The third kappa shape index (κ3) is 2.90. The van der Waals surface area contributed by atoms with Crippen LogP contribution in [0.25, 0.3) is 10.8 Å². The fourth-order valence-electron chi connectivity index (χ4n) is 2.51. The van der Waals surface area contributed by atoms with Crippen molar-refractivity contribution >= 4 is 46.4 Å². The predicted octanol–water partition coefficient (Wildman–Crippen LogP) is 1.95. The largest absolute Gasteiger partial charge is 0.398 e. The summed E-state index contributed by atoms with van der Waals surface area (Å²) in [5, 5.41) is 2.22. The number of fused-ring (bicyclic) bond motifs is 1. The van der Waals surface area contributed by atoms with Crippen LogP contribution in [-0.2, 0) is 11.3 Å². The summed E-state index contributed by atoms with van der Waals surface area (Å²) in [7, 11) is 0. The average molecular weight is 327 g/mol. The van der Waals surface area contributed by atoms with Gasteiger partial charge in [0, 0.05) is 30.4 Å². The normalized spacial score (nSPS) is 18.1. The number of amides is 1. The van der Waals surface area contributed by atoms with Crippen molar-refractivity contribution in [3.05, 3.63) is 35.1 Å². The van der Waals surface area contributed by atoms with Crippen molar-refractivity contribution in [1.82, 2.24) is 9.88 Å². The van der Waals surface area contributed by atoms with Gasteiger partial charge >= 0.3 is 0 Å². The van der Waals surface area contributed by atoms with Crippen LogP contribution in [0.4, 0.5) is 5.69 Å². The molecule has 0 aliphatic carbocycles. The van der Waals surface area contributed by atoms with E-state index in [0.29, 0.717) is 30.4 Å². The minimum absolute atomic E-state index is 0. The van der Waals surface area contributed by atoms with Gasteiger partial charge in [0.15, 0.2) is 0 Å². The van der Waals surface area contributed by atoms with Crippen molar-refractivity contribution in [3.63, 3.8) is 0 Å². The van der Waals surface area contributed by atoms with Gasteiger partial charge in [0.05, 0.1) is 6.04 Å².